The summed E-state index contributed by atoms with van der Waals surface area (Å²) in [5.41, 5.74) is 7.77. The van der Waals surface area contributed by atoms with Crippen LogP contribution in [0.2, 0.25) is 0 Å². The second kappa shape index (κ2) is 6.40. The Bertz CT molecular complexity index is 1020. The summed E-state index contributed by atoms with van der Waals surface area (Å²) in [6.07, 6.45) is 0. The maximum Gasteiger partial charge on any atom is 0.0730 e. The molecule has 4 aromatic rings. The summed E-state index contributed by atoms with van der Waals surface area (Å²) >= 11 is 0. The molecule has 3 aromatic carbocycles. The molecule has 0 aliphatic heterocycles. The highest BCUT2D eigenvalue weighted by molar-refractivity contribution is 5.95. The molecule has 2 nitrogen and oxygen atoms in total. The van der Waals surface area contributed by atoms with Crippen molar-refractivity contribution in [1.82, 2.24) is 4.98 Å². The van der Waals surface area contributed by atoms with Gasteiger partial charge in [-0.2, -0.15) is 0 Å². The quantitative estimate of drug-likeness (QED) is 0.481. The van der Waals surface area contributed by atoms with E-state index in [2.05, 4.69) is 92.0 Å². The number of nitrogens with one attached hydrogen (secondary N) is 1. The number of rotatable bonds is 3. The lowest BCUT2D eigenvalue weighted by Crippen LogP contribution is -1.95. The molecule has 4 rings (SSSR count). The van der Waals surface area contributed by atoms with Crippen LogP contribution in [-0.4, -0.2) is 4.98 Å². The van der Waals surface area contributed by atoms with E-state index in [-0.39, 0.29) is 0 Å². The highest BCUT2D eigenvalue weighted by Gasteiger charge is 2.08. The van der Waals surface area contributed by atoms with Gasteiger partial charge in [0.1, 0.15) is 0 Å². The molecular weight excluding hydrogens is 304 g/mol. The zero-order valence-corrected chi connectivity index (χ0v) is 14.5. The molecule has 1 heterocycles. The Kier molecular flexibility index (Phi) is 3.95. The zero-order chi connectivity index (χ0) is 17.2. The summed E-state index contributed by atoms with van der Waals surface area (Å²) in [6.45, 7) is 4.20. The monoisotopic (exact) mass is 324 g/mol. The number of para-hydroxylation sites is 1. The van der Waals surface area contributed by atoms with E-state index < -0.39 is 0 Å². The fourth-order valence-corrected chi connectivity index (χ4v) is 2.94. The average Bonchev–Trinajstić information content (AvgIpc) is 2.64. The van der Waals surface area contributed by atoms with E-state index in [4.69, 9.17) is 4.98 Å². The van der Waals surface area contributed by atoms with Crippen LogP contribution in [0.3, 0.4) is 0 Å². The molecular formula is C23H20N2. The number of pyridine rings is 1. The minimum absolute atomic E-state index is 0.980. The Balaban J connectivity index is 1.83. The van der Waals surface area contributed by atoms with Crippen molar-refractivity contribution in [2.75, 3.05) is 5.32 Å². The van der Waals surface area contributed by atoms with Crippen molar-refractivity contribution in [3.8, 4) is 11.3 Å². The van der Waals surface area contributed by atoms with E-state index in [9.17, 15) is 0 Å². The number of anilines is 2. The summed E-state index contributed by atoms with van der Waals surface area (Å²) < 4.78 is 0. The van der Waals surface area contributed by atoms with E-state index in [1.807, 2.05) is 6.07 Å². The van der Waals surface area contributed by atoms with Crippen molar-refractivity contribution in [2.45, 2.75) is 13.8 Å². The topological polar surface area (TPSA) is 24.9 Å². The van der Waals surface area contributed by atoms with Gasteiger partial charge in [-0.05, 0) is 38.1 Å². The van der Waals surface area contributed by atoms with Crippen LogP contribution >= 0.6 is 0 Å². The molecule has 0 atom stereocenters. The van der Waals surface area contributed by atoms with Gasteiger partial charge < -0.3 is 5.32 Å². The number of benzene rings is 3. The maximum absolute atomic E-state index is 4.85. The molecule has 0 unspecified atom stereocenters. The largest absolute Gasteiger partial charge is 0.355 e. The lowest BCUT2D eigenvalue weighted by atomic mass is 10.1. The van der Waals surface area contributed by atoms with Crippen molar-refractivity contribution >= 4 is 22.3 Å². The van der Waals surface area contributed by atoms with E-state index in [1.54, 1.807) is 0 Å². The van der Waals surface area contributed by atoms with Gasteiger partial charge in [-0.25, -0.2) is 4.98 Å². The normalized spacial score (nSPS) is 10.8. The molecule has 0 saturated carbocycles. The standard InChI is InChI=1S/C23H20N2/c1-16-7-11-18(12-8-16)22-15-23(20-5-3-4-6-21(20)25-22)24-19-13-9-17(2)10-14-19/h3-15H,1-2H3,(H,24,25). The molecule has 25 heavy (non-hydrogen) atoms. The Labute approximate surface area is 148 Å². The van der Waals surface area contributed by atoms with Gasteiger partial charge in [0.25, 0.3) is 0 Å². The minimum atomic E-state index is 0.980. The predicted octanol–water partition coefficient (Wildman–Crippen LogP) is 6.26. The first-order valence-electron chi connectivity index (χ1n) is 8.49. The van der Waals surface area contributed by atoms with Crippen molar-refractivity contribution in [1.29, 1.82) is 0 Å². The minimum Gasteiger partial charge on any atom is -0.355 e. The SMILES string of the molecule is Cc1ccc(Nc2cc(-c3ccc(C)cc3)nc3ccccc23)cc1. The molecule has 1 aromatic heterocycles. The Hall–Kier alpha value is -3.13. The van der Waals surface area contributed by atoms with Gasteiger partial charge in [-0.1, -0.05) is 65.7 Å². The Morgan fingerprint density at radius 2 is 1.36 bits per heavy atom. The molecule has 1 N–H and O–H groups in total. The predicted molar refractivity (Wildman–Crippen MR) is 106 cm³/mol. The van der Waals surface area contributed by atoms with Crippen LogP contribution in [0.4, 0.5) is 11.4 Å². The molecule has 0 fully saturated rings. The Morgan fingerprint density at radius 1 is 0.720 bits per heavy atom. The van der Waals surface area contributed by atoms with Gasteiger partial charge in [0.2, 0.25) is 0 Å². The van der Waals surface area contributed by atoms with Crippen LogP contribution < -0.4 is 5.32 Å². The second-order valence-electron chi connectivity index (χ2n) is 6.43. The van der Waals surface area contributed by atoms with Gasteiger partial charge in [0.05, 0.1) is 16.9 Å². The molecule has 122 valence electrons. The number of nitrogens with zero attached hydrogens (tertiary/aromatic N) is 1. The molecule has 0 saturated heterocycles. The first-order chi connectivity index (χ1) is 12.2. The van der Waals surface area contributed by atoms with Gasteiger partial charge in [-0.3, -0.25) is 0 Å². The third kappa shape index (κ3) is 3.24. The summed E-state index contributed by atoms with van der Waals surface area (Å²) in [5.74, 6) is 0. The highest BCUT2D eigenvalue weighted by Crippen LogP contribution is 2.30. The van der Waals surface area contributed by atoms with Crippen molar-refractivity contribution in [2.24, 2.45) is 0 Å². The smallest absolute Gasteiger partial charge is 0.0730 e. The van der Waals surface area contributed by atoms with Crippen LogP contribution in [0.15, 0.2) is 78.9 Å². The van der Waals surface area contributed by atoms with Crippen LogP contribution in [0.5, 0.6) is 0 Å². The lowest BCUT2D eigenvalue weighted by molar-refractivity contribution is 1.38. The summed E-state index contributed by atoms with van der Waals surface area (Å²) in [4.78, 5) is 4.85. The van der Waals surface area contributed by atoms with Gasteiger partial charge >= 0.3 is 0 Å². The van der Waals surface area contributed by atoms with E-state index in [1.165, 1.54) is 11.1 Å². The van der Waals surface area contributed by atoms with Crippen LogP contribution in [-0.2, 0) is 0 Å². The van der Waals surface area contributed by atoms with Gasteiger partial charge in [0, 0.05) is 16.6 Å². The number of fused-ring (bicyclic) bond motifs is 1. The van der Waals surface area contributed by atoms with E-state index >= 15 is 0 Å². The molecule has 0 aliphatic rings. The summed E-state index contributed by atoms with van der Waals surface area (Å²) in [7, 11) is 0. The molecule has 0 aliphatic carbocycles. The maximum atomic E-state index is 4.85. The molecule has 0 spiro atoms. The average molecular weight is 324 g/mol. The Morgan fingerprint density at radius 3 is 2.08 bits per heavy atom. The van der Waals surface area contributed by atoms with Crippen LogP contribution in [0.25, 0.3) is 22.2 Å². The number of hydrogen-bond acceptors (Lipinski definition) is 2. The van der Waals surface area contributed by atoms with Gasteiger partial charge in [0.15, 0.2) is 0 Å². The molecule has 0 radical (unpaired) electrons. The summed E-state index contributed by atoms with van der Waals surface area (Å²) in [6, 6.07) is 27.3. The first-order valence-corrected chi connectivity index (χ1v) is 8.49. The number of aromatic nitrogens is 1. The van der Waals surface area contributed by atoms with Crippen molar-refractivity contribution in [3.05, 3.63) is 90.0 Å². The first kappa shape index (κ1) is 15.4. The number of aryl methyl sites for hydroxylation is 2. The fourth-order valence-electron chi connectivity index (χ4n) is 2.94. The summed E-state index contributed by atoms with van der Waals surface area (Å²) in [5, 5.41) is 4.68. The molecule has 0 bridgehead atoms. The lowest BCUT2D eigenvalue weighted by Gasteiger charge is -2.12. The number of hydrogen-bond donors (Lipinski definition) is 1. The van der Waals surface area contributed by atoms with E-state index in [0.29, 0.717) is 0 Å². The molecule has 2 heteroatoms. The van der Waals surface area contributed by atoms with E-state index in [0.717, 1.165) is 33.5 Å². The third-order valence-corrected chi connectivity index (χ3v) is 4.39. The highest BCUT2D eigenvalue weighted by atomic mass is 14.9. The third-order valence-electron chi connectivity index (χ3n) is 4.39. The molecule has 0 amide bonds. The zero-order valence-electron chi connectivity index (χ0n) is 14.5. The van der Waals surface area contributed by atoms with Gasteiger partial charge in [-0.15, -0.1) is 0 Å². The van der Waals surface area contributed by atoms with Crippen LogP contribution in [0, 0.1) is 13.8 Å². The second-order valence-corrected chi connectivity index (χ2v) is 6.43. The van der Waals surface area contributed by atoms with Crippen LogP contribution in [0.1, 0.15) is 11.1 Å². The van der Waals surface area contributed by atoms with Crippen molar-refractivity contribution < 1.29 is 0 Å². The van der Waals surface area contributed by atoms with Crippen molar-refractivity contribution in [3.63, 3.8) is 0 Å². The fraction of sp³-hybridized carbons (Fsp3) is 0.0870.